The summed E-state index contributed by atoms with van der Waals surface area (Å²) in [4.78, 5) is 0. The first-order valence-electron chi connectivity index (χ1n) is 2.35. The van der Waals surface area contributed by atoms with Crippen LogP contribution in [0.25, 0.3) is 0 Å². The zero-order valence-electron chi connectivity index (χ0n) is 4.03. The van der Waals surface area contributed by atoms with E-state index in [0.717, 1.165) is 12.1 Å². The van der Waals surface area contributed by atoms with Gasteiger partial charge in [-0.05, 0) is 18.6 Å². The van der Waals surface area contributed by atoms with E-state index < -0.39 is 0 Å². The van der Waals surface area contributed by atoms with Gasteiger partial charge in [-0.25, -0.2) is 0 Å². The monoisotopic (exact) mass is 88.0 g/mol. The van der Waals surface area contributed by atoms with Crippen LogP contribution in [0, 0.1) is 5.73 Å². The van der Waals surface area contributed by atoms with Crippen LogP contribution >= 0.6 is 11.8 Å². The molecule has 29 valence electrons. The van der Waals surface area contributed by atoms with Crippen molar-refractivity contribution in [1.29, 1.82) is 0 Å². The van der Waals surface area contributed by atoms with Gasteiger partial charge in [0.15, 0.2) is 0 Å². The third-order valence-corrected chi connectivity index (χ3v) is 1.53. The van der Waals surface area contributed by atoms with Gasteiger partial charge >= 0.3 is 0 Å². The van der Waals surface area contributed by atoms with Crippen molar-refractivity contribution in [3.8, 4) is 0 Å². The highest BCUT2D eigenvalue weighted by Crippen LogP contribution is 2.20. The number of hydrogen-bond acceptors (Lipinski definition) is 1. The van der Waals surface area contributed by atoms with Gasteiger partial charge < -0.3 is 0 Å². The molecule has 1 radical (unpaired) electrons. The van der Waals surface area contributed by atoms with Gasteiger partial charge in [0.2, 0.25) is 0 Å². The van der Waals surface area contributed by atoms with Crippen LogP contribution in [-0.2, 0) is 0 Å². The van der Waals surface area contributed by atoms with Crippen LogP contribution in [0.3, 0.4) is 0 Å². The first kappa shape index (κ1) is 2.51. The molecule has 1 heteroatoms. The number of thioether (sulfide) groups is 1. The Balaban J connectivity index is 2.18. The van der Waals surface area contributed by atoms with Crippen molar-refractivity contribution in [2.45, 2.75) is 12.8 Å². The highest BCUT2D eigenvalue weighted by molar-refractivity contribution is 8.01. The molecule has 0 aromatic heterocycles. The van der Waals surface area contributed by atoms with Crippen molar-refractivity contribution in [1.82, 2.24) is 0 Å². The van der Waals surface area contributed by atoms with Gasteiger partial charge in [0.25, 0.3) is 0 Å². The van der Waals surface area contributed by atoms with E-state index in [1.807, 2.05) is 0 Å². The van der Waals surface area contributed by atoms with Gasteiger partial charge in [0, 0.05) is 7.10 Å². The van der Waals surface area contributed by atoms with Crippen LogP contribution in [0.2, 0.25) is 0 Å². The van der Waals surface area contributed by atoms with E-state index >= 15 is 0 Å². The molecule has 1 saturated heterocycles. The molecule has 1 fully saturated rings. The summed E-state index contributed by atoms with van der Waals surface area (Å²) >= 11 is 1.68. The Labute approximate surface area is 38.4 Å². The van der Waals surface area contributed by atoms with E-state index in [1.165, 1.54) is 12.2 Å². The normalized spacial score (nSPS) is 30.8. The molecule has 1 aliphatic heterocycles. The smallest absolute Gasteiger partial charge is 0.0428 e. The Morgan fingerprint density at radius 1 is 2.00 bits per heavy atom. The SMILES string of the molecule is [2H][C]1CCCS1. The third-order valence-electron chi connectivity index (χ3n) is 0.627. The largest absolute Gasteiger partial charge is 0.157 e. The van der Waals surface area contributed by atoms with Crippen LogP contribution in [-0.4, -0.2) is 5.75 Å². The highest BCUT2D eigenvalue weighted by Gasteiger charge is 1.96. The van der Waals surface area contributed by atoms with Gasteiger partial charge in [0.1, 0.15) is 0 Å². The summed E-state index contributed by atoms with van der Waals surface area (Å²) in [5, 5.41) is 0. The lowest BCUT2D eigenvalue weighted by molar-refractivity contribution is 0.993. The second-order valence-electron chi connectivity index (χ2n) is 1.10. The Kier molecular flexibility index (Phi) is 0.856. The fourth-order valence-corrected chi connectivity index (χ4v) is 1.08. The van der Waals surface area contributed by atoms with Crippen LogP contribution in [0.4, 0.5) is 0 Å². The Bertz CT molecular complexity index is 40.8. The molecule has 0 aliphatic carbocycles. The second kappa shape index (κ2) is 1.71. The van der Waals surface area contributed by atoms with Crippen LogP contribution < -0.4 is 0 Å². The van der Waals surface area contributed by atoms with E-state index in [2.05, 4.69) is 0 Å². The summed E-state index contributed by atoms with van der Waals surface area (Å²) in [6.07, 6.45) is 2.26. The lowest BCUT2D eigenvalue weighted by Gasteiger charge is -1.68. The molecule has 0 bridgehead atoms. The zero-order valence-corrected chi connectivity index (χ0v) is 3.85. The molecule has 0 aromatic rings. The average molecular weight is 88.2 g/mol. The van der Waals surface area contributed by atoms with Gasteiger partial charge in [-0.2, -0.15) is 11.8 Å². The van der Waals surface area contributed by atoms with E-state index in [-0.39, 0.29) is 0 Å². The van der Waals surface area contributed by atoms with Crippen LogP contribution in [0.1, 0.15) is 14.2 Å². The second-order valence-corrected chi connectivity index (χ2v) is 2.08. The van der Waals surface area contributed by atoms with E-state index in [1.54, 1.807) is 11.8 Å². The highest BCUT2D eigenvalue weighted by atomic mass is 32.2. The minimum absolute atomic E-state index is 0.870. The molecule has 1 aliphatic rings. The first-order valence-corrected chi connectivity index (χ1v) is 2.83. The van der Waals surface area contributed by atoms with Gasteiger partial charge in [-0.3, -0.25) is 0 Å². The predicted octanol–water partition coefficient (Wildman–Crippen LogP) is 1.68. The molecule has 0 aromatic carbocycles. The molecule has 0 amide bonds. The van der Waals surface area contributed by atoms with E-state index in [4.69, 9.17) is 1.37 Å². The zero-order chi connectivity index (χ0) is 4.41. The Morgan fingerprint density at radius 3 is 3.20 bits per heavy atom. The molecule has 0 unspecified atom stereocenters. The maximum Gasteiger partial charge on any atom is 0.0428 e. The molecule has 1 heterocycles. The summed E-state index contributed by atoms with van der Waals surface area (Å²) in [7, 11) is 0. The minimum atomic E-state index is 0.870. The molecule has 0 saturated carbocycles. The molecule has 0 N–H and O–H groups in total. The van der Waals surface area contributed by atoms with Crippen LogP contribution in [0.5, 0.6) is 0 Å². The molecule has 1 rings (SSSR count). The maximum atomic E-state index is 7.01. The lowest BCUT2D eigenvalue weighted by Crippen LogP contribution is -1.56. The molecule has 0 nitrogen and oxygen atoms in total. The molecule has 0 spiro atoms. The predicted molar refractivity (Wildman–Crippen MR) is 26.0 cm³/mol. The van der Waals surface area contributed by atoms with E-state index in [9.17, 15) is 0 Å². The van der Waals surface area contributed by atoms with Crippen molar-refractivity contribution < 1.29 is 1.37 Å². The Hall–Kier alpha value is 0.350. The molecule has 0 atom stereocenters. The fraction of sp³-hybridized carbons (Fsp3) is 0.750. The van der Waals surface area contributed by atoms with Crippen LogP contribution in [0.15, 0.2) is 0 Å². The molecular formula is C4H7S. The maximum absolute atomic E-state index is 7.01. The number of rotatable bonds is 0. The van der Waals surface area contributed by atoms with E-state index in [0.29, 0.717) is 0 Å². The summed E-state index contributed by atoms with van der Waals surface area (Å²) < 4.78 is 7.01. The van der Waals surface area contributed by atoms with Gasteiger partial charge in [0.05, 0.1) is 0 Å². The first-order chi connectivity index (χ1) is 2.89. The van der Waals surface area contributed by atoms with Crippen molar-refractivity contribution in [2.75, 3.05) is 5.75 Å². The van der Waals surface area contributed by atoms with Crippen molar-refractivity contribution in [3.05, 3.63) is 5.73 Å². The minimum Gasteiger partial charge on any atom is -0.157 e. The average Bonchev–Trinajstić information content (AvgIpc) is 1.86. The van der Waals surface area contributed by atoms with Crippen molar-refractivity contribution >= 4 is 11.8 Å². The molecule has 5 heavy (non-hydrogen) atoms. The fourth-order valence-electron chi connectivity index (χ4n) is 0.361. The van der Waals surface area contributed by atoms with Crippen molar-refractivity contribution in [2.24, 2.45) is 0 Å². The summed E-state index contributed by atoms with van der Waals surface area (Å²) in [5.41, 5.74) is 0.870. The molecular weight excluding hydrogens is 80.1 g/mol. The standard InChI is InChI=1S/C4H7S/c1-2-4-5-3-1/h3H,1-2,4H2/i3D. The third kappa shape index (κ3) is 0.839. The number of hydrogen-bond donors (Lipinski definition) is 0. The lowest BCUT2D eigenvalue weighted by atomic mass is 10.4. The topological polar surface area (TPSA) is 0 Å². The summed E-state index contributed by atoms with van der Waals surface area (Å²) in [6, 6.07) is 0. The summed E-state index contributed by atoms with van der Waals surface area (Å²) in [5.74, 6) is 1.18. The Morgan fingerprint density at radius 2 is 3.00 bits per heavy atom. The van der Waals surface area contributed by atoms with Crippen molar-refractivity contribution in [3.63, 3.8) is 0 Å². The quantitative estimate of drug-likeness (QED) is 0.434. The van der Waals surface area contributed by atoms with Gasteiger partial charge in [-0.1, -0.05) is 0 Å². The summed E-state index contributed by atoms with van der Waals surface area (Å²) in [6.45, 7) is 0. The van der Waals surface area contributed by atoms with Gasteiger partial charge in [-0.15, -0.1) is 0 Å².